The molecule has 0 bridgehead atoms. The van der Waals surface area contributed by atoms with E-state index in [0.717, 1.165) is 5.56 Å². The Hall–Kier alpha value is -1.22. The Labute approximate surface area is 90.8 Å². The molecule has 1 rings (SSSR count). The lowest BCUT2D eigenvalue weighted by molar-refractivity contribution is 1.22. The molecule has 0 fully saturated rings. The van der Waals surface area contributed by atoms with Crippen LogP contribution in [0, 0.1) is 0 Å². The summed E-state index contributed by atoms with van der Waals surface area (Å²) in [6.07, 6.45) is 3.41. The Morgan fingerprint density at radius 3 is 2.93 bits per heavy atom. The van der Waals surface area contributed by atoms with E-state index in [4.69, 9.17) is 28.7 Å². The van der Waals surface area contributed by atoms with E-state index < -0.39 is 0 Å². The van der Waals surface area contributed by atoms with Gasteiger partial charge in [0.15, 0.2) is 0 Å². The van der Waals surface area contributed by atoms with Crippen molar-refractivity contribution in [2.24, 2.45) is 5.11 Å². The maximum atomic E-state index is 8.02. The molecule has 14 heavy (non-hydrogen) atoms. The fourth-order valence-corrected chi connectivity index (χ4v) is 1.22. The van der Waals surface area contributed by atoms with Crippen LogP contribution in [0.3, 0.4) is 0 Å². The van der Waals surface area contributed by atoms with E-state index in [2.05, 4.69) is 15.0 Å². The molecule has 0 aliphatic carbocycles. The number of hydrogen-bond donors (Lipinski definition) is 0. The zero-order valence-corrected chi connectivity index (χ0v) is 8.57. The maximum Gasteiger partial charge on any atom is 0.138 e. The summed E-state index contributed by atoms with van der Waals surface area (Å²) in [5.74, 6) is 0. The predicted molar refractivity (Wildman–Crippen MR) is 57.3 cm³/mol. The molecule has 0 radical (unpaired) electrons. The normalized spacial score (nSPS) is 10.1. The summed E-state index contributed by atoms with van der Waals surface area (Å²) in [7, 11) is 0. The highest BCUT2D eigenvalue weighted by atomic mass is 35.5. The Morgan fingerprint density at radius 2 is 2.29 bits per heavy atom. The molecular weight excluding hydrogens is 223 g/mol. The van der Waals surface area contributed by atoms with Gasteiger partial charge in [-0.3, -0.25) is 0 Å². The van der Waals surface area contributed by atoms with Gasteiger partial charge in [-0.15, -0.1) is 0 Å². The molecule has 1 heterocycles. The van der Waals surface area contributed by atoms with Crippen LogP contribution in [-0.2, 0) is 0 Å². The Bertz CT molecular complexity index is 396. The van der Waals surface area contributed by atoms with Crippen LogP contribution in [0.4, 0.5) is 0 Å². The molecule has 0 amide bonds. The van der Waals surface area contributed by atoms with Crippen molar-refractivity contribution >= 4 is 29.3 Å². The van der Waals surface area contributed by atoms with Gasteiger partial charge in [0.25, 0.3) is 0 Å². The molecule has 0 aliphatic heterocycles. The van der Waals surface area contributed by atoms with Gasteiger partial charge in [-0.05, 0) is 17.7 Å². The van der Waals surface area contributed by atoms with Crippen molar-refractivity contribution in [2.75, 3.05) is 6.54 Å². The smallest absolute Gasteiger partial charge is 0.138 e. The molecule has 6 heteroatoms. The second-order valence-corrected chi connectivity index (χ2v) is 3.08. The summed E-state index contributed by atoms with van der Waals surface area (Å²) in [5, 5.41) is 4.02. The van der Waals surface area contributed by atoms with E-state index in [0.29, 0.717) is 10.3 Å². The average molecular weight is 229 g/mol. The van der Waals surface area contributed by atoms with Gasteiger partial charge in [0, 0.05) is 17.0 Å². The third-order valence-corrected chi connectivity index (χ3v) is 1.90. The highest BCUT2D eigenvalue weighted by molar-refractivity contribution is 6.33. The molecule has 0 atom stereocenters. The third-order valence-electron chi connectivity index (χ3n) is 1.39. The number of hydrogen-bond acceptors (Lipinski definition) is 2. The number of azide groups is 1. The summed E-state index contributed by atoms with van der Waals surface area (Å²) in [4.78, 5) is 6.46. The molecule has 0 N–H and O–H groups in total. The molecular formula is C8H6Cl2N4. The first kappa shape index (κ1) is 10.9. The van der Waals surface area contributed by atoms with E-state index in [-0.39, 0.29) is 6.54 Å². The van der Waals surface area contributed by atoms with Gasteiger partial charge in [-0.25, -0.2) is 4.98 Å². The first-order valence-corrected chi connectivity index (χ1v) is 4.49. The molecule has 0 saturated carbocycles. The largest absolute Gasteiger partial charge is 0.224 e. The quantitative estimate of drug-likeness (QED) is 0.337. The van der Waals surface area contributed by atoms with Crippen molar-refractivity contribution in [1.82, 2.24) is 4.98 Å². The van der Waals surface area contributed by atoms with Crippen LogP contribution in [0.5, 0.6) is 0 Å². The Balaban J connectivity index is 2.76. The topological polar surface area (TPSA) is 61.7 Å². The summed E-state index contributed by atoms with van der Waals surface area (Å²) in [5.41, 5.74) is 8.76. The molecule has 72 valence electrons. The van der Waals surface area contributed by atoms with Crippen molar-refractivity contribution in [3.05, 3.63) is 44.5 Å². The minimum atomic E-state index is 0.287. The van der Waals surface area contributed by atoms with Crippen molar-refractivity contribution in [3.8, 4) is 0 Å². The highest BCUT2D eigenvalue weighted by Gasteiger charge is 1.97. The molecule has 0 spiro atoms. The van der Waals surface area contributed by atoms with Crippen molar-refractivity contribution in [1.29, 1.82) is 0 Å². The predicted octanol–water partition coefficient (Wildman–Crippen LogP) is 3.71. The number of pyridine rings is 1. The van der Waals surface area contributed by atoms with E-state index in [1.54, 1.807) is 24.3 Å². The SMILES string of the molecule is [N-]=[N+]=NCC=Cc1ccc(Cl)nc1Cl. The lowest BCUT2D eigenvalue weighted by Crippen LogP contribution is -1.81. The molecule has 0 aliphatic rings. The van der Waals surface area contributed by atoms with Crippen LogP contribution < -0.4 is 0 Å². The second kappa shape index (κ2) is 5.50. The maximum absolute atomic E-state index is 8.02. The monoisotopic (exact) mass is 228 g/mol. The van der Waals surface area contributed by atoms with Gasteiger partial charge in [0.2, 0.25) is 0 Å². The first-order chi connectivity index (χ1) is 6.74. The fourth-order valence-electron chi connectivity index (χ4n) is 0.811. The van der Waals surface area contributed by atoms with Crippen LogP contribution >= 0.6 is 23.2 Å². The zero-order chi connectivity index (χ0) is 10.4. The van der Waals surface area contributed by atoms with Gasteiger partial charge >= 0.3 is 0 Å². The Morgan fingerprint density at radius 1 is 1.50 bits per heavy atom. The summed E-state index contributed by atoms with van der Waals surface area (Å²) >= 11 is 11.4. The molecule has 4 nitrogen and oxygen atoms in total. The van der Waals surface area contributed by atoms with Crippen LogP contribution in [0.25, 0.3) is 16.5 Å². The van der Waals surface area contributed by atoms with Crippen LogP contribution in [0.15, 0.2) is 23.3 Å². The fraction of sp³-hybridized carbons (Fsp3) is 0.125. The standard InChI is InChI=1S/C8H6Cl2N4/c9-7-4-3-6(8(10)13-7)2-1-5-12-14-11/h1-4H,5H2. The molecule has 0 unspecified atom stereocenters. The van der Waals surface area contributed by atoms with E-state index in [9.17, 15) is 0 Å². The lowest BCUT2D eigenvalue weighted by Gasteiger charge is -1.96. The van der Waals surface area contributed by atoms with E-state index in [1.807, 2.05) is 0 Å². The van der Waals surface area contributed by atoms with Crippen LogP contribution in [0.2, 0.25) is 10.3 Å². The zero-order valence-electron chi connectivity index (χ0n) is 7.06. The highest BCUT2D eigenvalue weighted by Crippen LogP contribution is 2.17. The molecule has 0 saturated heterocycles. The van der Waals surface area contributed by atoms with Gasteiger partial charge in [0.1, 0.15) is 10.3 Å². The number of halogens is 2. The van der Waals surface area contributed by atoms with Gasteiger partial charge in [-0.2, -0.15) is 0 Å². The molecule has 0 aromatic carbocycles. The minimum Gasteiger partial charge on any atom is -0.224 e. The number of nitrogens with zero attached hydrogens (tertiary/aromatic N) is 4. The van der Waals surface area contributed by atoms with Crippen LogP contribution in [-0.4, -0.2) is 11.5 Å². The number of aromatic nitrogens is 1. The molecule has 1 aromatic rings. The first-order valence-electron chi connectivity index (χ1n) is 3.73. The number of rotatable bonds is 3. The van der Waals surface area contributed by atoms with Gasteiger partial charge < -0.3 is 0 Å². The van der Waals surface area contributed by atoms with Crippen LogP contribution in [0.1, 0.15) is 5.56 Å². The summed E-state index contributed by atoms with van der Waals surface area (Å²) < 4.78 is 0. The lowest BCUT2D eigenvalue weighted by atomic mass is 10.2. The van der Waals surface area contributed by atoms with E-state index in [1.165, 1.54) is 0 Å². The van der Waals surface area contributed by atoms with Gasteiger partial charge in [-0.1, -0.05) is 40.5 Å². The summed E-state index contributed by atoms with van der Waals surface area (Å²) in [6, 6.07) is 3.38. The summed E-state index contributed by atoms with van der Waals surface area (Å²) in [6.45, 7) is 0.287. The third kappa shape index (κ3) is 3.26. The van der Waals surface area contributed by atoms with E-state index >= 15 is 0 Å². The minimum absolute atomic E-state index is 0.287. The second-order valence-electron chi connectivity index (χ2n) is 2.33. The molecule has 1 aromatic heterocycles. The van der Waals surface area contributed by atoms with Crippen molar-refractivity contribution in [2.45, 2.75) is 0 Å². The van der Waals surface area contributed by atoms with Crippen molar-refractivity contribution in [3.63, 3.8) is 0 Å². The van der Waals surface area contributed by atoms with Crippen molar-refractivity contribution < 1.29 is 0 Å². The average Bonchev–Trinajstić information content (AvgIpc) is 2.15. The van der Waals surface area contributed by atoms with Gasteiger partial charge in [0.05, 0.1) is 0 Å². The Kier molecular flexibility index (Phi) is 4.26.